The van der Waals surface area contributed by atoms with Crippen LogP contribution in [0.5, 0.6) is 0 Å². The molecule has 4 nitrogen and oxygen atoms in total. The molecule has 0 heterocycles. The number of hydrogen-bond acceptors (Lipinski definition) is 4. The minimum absolute atomic E-state index is 0.217. The third kappa shape index (κ3) is 4.44. The molecule has 0 aromatic heterocycles. The fourth-order valence-corrected chi connectivity index (χ4v) is 5.44. The van der Waals surface area contributed by atoms with Gasteiger partial charge in [0.15, 0.2) is 0 Å². The lowest BCUT2D eigenvalue weighted by Crippen LogP contribution is -2.15. The minimum Gasteiger partial charge on any atom is -0.469 e. The van der Waals surface area contributed by atoms with E-state index >= 15 is 0 Å². The molecule has 5 rings (SSSR count). The van der Waals surface area contributed by atoms with Crippen LogP contribution >= 0.6 is 0 Å². The number of esters is 2. The third-order valence-electron chi connectivity index (χ3n) is 7.46. The molecule has 0 aliphatic heterocycles. The van der Waals surface area contributed by atoms with E-state index in [4.69, 9.17) is 9.47 Å². The quantitative estimate of drug-likeness (QED) is 0.280. The molecule has 0 atom stereocenters. The van der Waals surface area contributed by atoms with E-state index in [1.807, 2.05) is 36.4 Å². The molecule has 0 spiro atoms. The van der Waals surface area contributed by atoms with Crippen molar-refractivity contribution in [1.29, 1.82) is 0 Å². The first kappa shape index (κ1) is 24.5. The van der Waals surface area contributed by atoms with Gasteiger partial charge in [-0.25, -0.2) is 0 Å². The van der Waals surface area contributed by atoms with Gasteiger partial charge >= 0.3 is 11.9 Å². The molecule has 0 saturated heterocycles. The van der Waals surface area contributed by atoms with Gasteiger partial charge in [-0.1, -0.05) is 86.6 Å². The van der Waals surface area contributed by atoms with Gasteiger partial charge in [-0.3, -0.25) is 9.59 Å². The number of benzene rings is 4. The average Bonchev–Trinajstić information content (AvgIpc) is 3.14. The van der Waals surface area contributed by atoms with Gasteiger partial charge in [0.25, 0.3) is 0 Å². The smallest absolute Gasteiger partial charge is 0.309 e. The molecule has 4 aromatic rings. The zero-order valence-corrected chi connectivity index (χ0v) is 21.6. The normalized spacial score (nSPS) is 13.0. The summed E-state index contributed by atoms with van der Waals surface area (Å²) in [7, 11) is 2.84. The zero-order valence-electron chi connectivity index (χ0n) is 21.6. The number of ether oxygens (including phenoxy) is 2. The van der Waals surface area contributed by atoms with Crippen LogP contribution in [-0.4, -0.2) is 26.2 Å². The van der Waals surface area contributed by atoms with Crippen molar-refractivity contribution in [3.8, 4) is 33.4 Å². The highest BCUT2D eigenvalue weighted by molar-refractivity contribution is 5.87. The first-order valence-corrected chi connectivity index (χ1v) is 12.4. The van der Waals surface area contributed by atoms with Gasteiger partial charge < -0.3 is 9.47 Å². The summed E-state index contributed by atoms with van der Waals surface area (Å²) >= 11 is 0. The summed E-state index contributed by atoms with van der Waals surface area (Å²) in [5.41, 5.74) is 10.9. The number of fused-ring (bicyclic) bond motifs is 3. The van der Waals surface area contributed by atoms with Crippen LogP contribution in [0.4, 0.5) is 0 Å². The Bertz CT molecular complexity index is 1400. The molecule has 37 heavy (non-hydrogen) atoms. The zero-order chi connectivity index (χ0) is 26.2. The van der Waals surface area contributed by atoms with Crippen LogP contribution < -0.4 is 0 Å². The van der Waals surface area contributed by atoms with Crippen LogP contribution in [0.1, 0.15) is 36.1 Å². The van der Waals surface area contributed by atoms with Crippen LogP contribution in [0.3, 0.4) is 0 Å². The molecule has 4 aromatic carbocycles. The maximum atomic E-state index is 12.0. The first-order valence-electron chi connectivity index (χ1n) is 12.4. The molecule has 0 saturated carbocycles. The molecule has 0 unspecified atom stereocenters. The van der Waals surface area contributed by atoms with Crippen LogP contribution in [0.2, 0.25) is 0 Å². The number of carbonyl (C=O) groups excluding carboxylic acids is 2. The van der Waals surface area contributed by atoms with E-state index in [0.29, 0.717) is 0 Å². The topological polar surface area (TPSA) is 52.6 Å². The fourth-order valence-electron chi connectivity index (χ4n) is 5.44. The molecule has 4 heteroatoms. The lowest BCUT2D eigenvalue weighted by atomic mass is 9.80. The van der Waals surface area contributed by atoms with Crippen molar-refractivity contribution in [2.24, 2.45) is 0 Å². The molecule has 1 aliphatic rings. The van der Waals surface area contributed by atoms with Gasteiger partial charge in [-0.05, 0) is 67.8 Å². The monoisotopic (exact) mass is 490 g/mol. The largest absolute Gasteiger partial charge is 0.469 e. The highest BCUT2D eigenvalue weighted by Gasteiger charge is 2.36. The second-order valence-electron chi connectivity index (χ2n) is 9.97. The number of hydrogen-bond donors (Lipinski definition) is 0. The van der Waals surface area contributed by atoms with E-state index in [-0.39, 0.29) is 30.2 Å². The van der Waals surface area contributed by atoms with E-state index in [1.165, 1.54) is 36.5 Å². The summed E-state index contributed by atoms with van der Waals surface area (Å²) in [6.07, 6.45) is 0.476. The summed E-state index contributed by atoms with van der Waals surface area (Å²) in [5, 5.41) is 0. The second kappa shape index (κ2) is 9.70. The van der Waals surface area contributed by atoms with Crippen molar-refractivity contribution in [2.75, 3.05) is 14.2 Å². The summed E-state index contributed by atoms with van der Waals surface area (Å²) < 4.78 is 9.83. The molecule has 0 fully saturated rings. The Morgan fingerprint density at radius 2 is 1.00 bits per heavy atom. The van der Waals surface area contributed by atoms with Crippen molar-refractivity contribution in [1.82, 2.24) is 0 Å². The summed E-state index contributed by atoms with van der Waals surface area (Å²) in [5.74, 6) is -0.497. The maximum Gasteiger partial charge on any atom is 0.309 e. The van der Waals surface area contributed by atoms with Crippen molar-refractivity contribution >= 4 is 11.9 Å². The van der Waals surface area contributed by atoms with E-state index in [1.54, 1.807) is 0 Å². The van der Waals surface area contributed by atoms with Crippen molar-refractivity contribution < 1.29 is 19.1 Å². The molecule has 0 radical (unpaired) electrons. The van der Waals surface area contributed by atoms with Crippen molar-refractivity contribution in [2.45, 2.75) is 32.1 Å². The highest BCUT2D eigenvalue weighted by Crippen LogP contribution is 2.50. The Labute approximate surface area is 217 Å². The average molecular weight is 491 g/mol. The second-order valence-corrected chi connectivity index (χ2v) is 9.97. The number of rotatable bonds is 6. The van der Waals surface area contributed by atoms with E-state index < -0.39 is 0 Å². The van der Waals surface area contributed by atoms with Crippen LogP contribution in [0.25, 0.3) is 33.4 Å². The van der Waals surface area contributed by atoms with Crippen molar-refractivity contribution in [3.63, 3.8) is 0 Å². The number of methoxy groups -OCH3 is 2. The fraction of sp³-hybridized carbons (Fsp3) is 0.212. The van der Waals surface area contributed by atoms with Gasteiger partial charge in [-0.2, -0.15) is 0 Å². The molecule has 0 N–H and O–H groups in total. The Hall–Kier alpha value is -4.18. The molecule has 186 valence electrons. The van der Waals surface area contributed by atoms with Crippen LogP contribution in [0.15, 0.2) is 84.9 Å². The van der Waals surface area contributed by atoms with E-state index in [2.05, 4.69) is 62.4 Å². The number of carbonyl (C=O) groups is 2. The molecule has 1 aliphatic carbocycles. The standard InChI is InChI=1S/C33H30O4/c1-33(2)29-17-23(25-11-7-5-9-21(25)19-31(34)36-3)13-15-27(29)28-16-14-24(18-30(28)33)26-12-8-6-10-22(26)20-32(35)37-4/h5-18H,19-20H2,1-4H3. The van der Waals surface area contributed by atoms with Crippen molar-refractivity contribution in [3.05, 3.63) is 107 Å². The predicted octanol–water partition coefficient (Wildman–Crippen LogP) is 6.76. The van der Waals surface area contributed by atoms with Gasteiger partial charge in [-0.15, -0.1) is 0 Å². The Morgan fingerprint density at radius 1 is 0.595 bits per heavy atom. The SMILES string of the molecule is COC(=O)Cc1ccccc1-c1ccc2c(c1)C(C)(C)c1cc(-c3ccccc3CC(=O)OC)ccc1-2. The predicted molar refractivity (Wildman–Crippen MR) is 146 cm³/mol. The van der Waals surface area contributed by atoms with E-state index in [0.717, 1.165) is 33.4 Å². The molecule has 0 amide bonds. The maximum absolute atomic E-state index is 12.0. The van der Waals surface area contributed by atoms with Gasteiger partial charge in [0.1, 0.15) is 0 Å². The third-order valence-corrected chi connectivity index (χ3v) is 7.46. The molecular weight excluding hydrogens is 460 g/mol. The Morgan fingerprint density at radius 3 is 1.41 bits per heavy atom. The Kier molecular flexibility index (Phi) is 6.43. The molecule has 0 bridgehead atoms. The van der Waals surface area contributed by atoms with Gasteiger partial charge in [0.2, 0.25) is 0 Å². The lowest BCUT2D eigenvalue weighted by Gasteiger charge is -2.23. The van der Waals surface area contributed by atoms with Crippen LogP contribution in [-0.2, 0) is 37.3 Å². The molecular formula is C33H30O4. The van der Waals surface area contributed by atoms with Gasteiger partial charge in [0.05, 0.1) is 27.1 Å². The highest BCUT2D eigenvalue weighted by atomic mass is 16.5. The summed E-state index contributed by atoms with van der Waals surface area (Å²) in [6.45, 7) is 4.51. The van der Waals surface area contributed by atoms with Crippen LogP contribution in [0, 0.1) is 0 Å². The first-order chi connectivity index (χ1) is 17.8. The lowest BCUT2D eigenvalue weighted by molar-refractivity contribution is -0.140. The summed E-state index contributed by atoms with van der Waals surface area (Å²) in [4.78, 5) is 24.0. The summed E-state index contributed by atoms with van der Waals surface area (Å²) in [6, 6.07) is 29.2. The minimum atomic E-state index is -0.249. The Balaban J connectivity index is 1.56. The van der Waals surface area contributed by atoms with Gasteiger partial charge in [0, 0.05) is 5.41 Å². The van der Waals surface area contributed by atoms with E-state index in [9.17, 15) is 9.59 Å².